The number of carbonyl (C=O) groups is 1. The first-order chi connectivity index (χ1) is 9.47. The zero-order chi connectivity index (χ0) is 14.7. The lowest BCUT2D eigenvalue weighted by atomic mass is 10.2. The molecule has 0 saturated heterocycles. The predicted octanol–water partition coefficient (Wildman–Crippen LogP) is 1.73. The van der Waals surface area contributed by atoms with Crippen molar-refractivity contribution >= 4 is 11.8 Å². The minimum absolute atomic E-state index is 0.0953. The predicted molar refractivity (Wildman–Crippen MR) is 76.2 cm³/mol. The van der Waals surface area contributed by atoms with Crippen molar-refractivity contribution in [2.45, 2.75) is 51.5 Å². The molecule has 1 aliphatic carbocycles. The monoisotopic (exact) mass is 279 g/mol. The van der Waals surface area contributed by atoms with Gasteiger partial charge in [-0.15, -0.1) is 0 Å². The molecule has 110 valence electrons. The summed E-state index contributed by atoms with van der Waals surface area (Å²) in [6.45, 7) is 3.77. The third kappa shape index (κ3) is 3.37. The van der Waals surface area contributed by atoms with Gasteiger partial charge in [0, 0.05) is 18.0 Å². The number of nitrogens with zero attached hydrogens (tertiary/aromatic N) is 2. The summed E-state index contributed by atoms with van der Waals surface area (Å²) >= 11 is 0. The first-order valence-corrected chi connectivity index (χ1v) is 7.07. The Labute approximate surface area is 117 Å². The maximum Gasteiger partial charge on any atom is 0.323 e. The zero-order valence-corrected chi connectivity index (χ0v) is 11.9. The van der Waals surface area contributed by atoms with Crippen LogP contribution in [0, 0.1) is 0 Å². The number of aromatic nitrogens is 2. The highest BCUT2D eigenvalue weighted by Gasteiger charge is 2.26. The Morgan fingerprint density at radius 2 is 2.15 bits per heavy atom. The number of aromatic amines is 1. The first kappa shape index (κ1) is 14.6. The van der Waals surface area contributed by atoms with E-state index >= 15 is 0 Å². The van der Waals surface area contributed by atoms with Crippen LogP contribution in [0.15, 0.2) is 10.9 Å². The minimum Gasteiger partial charge on any atom is -0.480 e. The van der Waals surface area contributed by atoms with Crippen LogP contribution < -0.4 is 10.5 Å². The standard InChI is InChI=1S/C14H21N3O3/c1-9(2)14-15-11(7-12(18)16-14)17(8-13(19)20)10-5-3-4-6-10/h7,9-10H,3-6,8H2,1-2H3,(H,19,20)(H,15,16,18). The number of H-pyrrole nitrogens is 1. The molecule has 0 unspecified atom stereocenters. The number of hydrogen-bond donors (Lipinski definition) is 2. The number of anilines is 1. The van der Waals surface area contributed by atoms with Gasteiger partial charge in [0.1, 0.15) is 18.2 Å². The molecule has 1 aromatic rings. The average molecular weight is 279 g/mol. The van der Waals surface area contributed by atoms with Gasteiger partial charge in [0.15, 0.2) is 0 Å². The van der Waals surface area contributed by atoms with E-state index in [0.717, 1.165) is 25.7 Å². The molecule has 6 nitrogen and oxygen atoms in total. The summed E-state index contributed by atoms with van der Waals surface area (Å²) in [6, 6.07) is 1.56. The topological polar surface area (TPSA) is 86.3 Å². The molecule has 1 heterocycles. The third-order valence-electron chi connectivity index (χ3n) is 3.66. The smallest absolute Gasteiger partial charge is 0.323 e. The van der Waals surface area contributed by atoms with E-state index in [1.807, 2.05) is 13.8 Å². The molecule has 1 aliphatic rings. The highest BCUT2D eigenvalue weighted by atomic mass is 16.4. The van der Waals surface area contributed by atoms with E-state index in [0.29, 0.717) is 11.6 Å². The van der Waals surface area contributed by atoms with Crippen LogP contribution in [0.4, 0.5) is 5.82 Å². The average Bonchev–Trinajstić information content (AvgIpc) is 2.88. The van der Waals surface area contributed by atoms with Crippen LogP contribution in [0.25, 0.3) is 0 Å². The van der Waals surface area contributed by atoms with Crippen LogP contribution in [0.3, 0.4) is 0 Å². The van der Waals surface area contributed by atoms with Crippen LogP contribution in [0.5, 0.6) is 0 Å². The van der Waals surface area contributed by atoms with E-state index in [2.05, 4.69) is 9.97 Å². The zero-order valence-electron chi connectivity index (χ0n) is 11.9. The Balaban J connectivity index is 2.36. The van der Waals surface area contributed by atoms with Gasteiger partial charge < -0.3 is 15.0 Å². The van der Waals surface area contributed by atoms with Crippen molar-refractivity contribution in [3.8, 4) is 0 Å². The molecule has 2 rings (SSSR count). The number of aliphatic carboxylic acids is 1. The molecule has 1 fully saturated rings. The van der Waals surface area contributed by atoms with E-state index in [-0.39, 0.29) is 24.1 Å². The van der Waals surface area contributed by atoms with Crippen molar-refractivity contribution in [2.24, 2.45) is 0 Å². The quantitative estimate of drug-likeness (QED) is 0.857. The maximum atomic E-state index is 11.8. The van der Waals surface area contributed by atoms with Crippen molar-refractivity contribution in [3.05, 3.63) is 22.2 Å². The van der Waals surface area contributed by atoms with E-state index < -0.39 is 5.97 Å². The van der Waals surface area contributed by atoms with Crippen molar-refractivity contribution in [3.63, 3.8) is 0 Å². The van der Waals surface area contributed by atoms with Gasteiger partial charge in [-0.3, -0.25) is 9.59 Å². The molecule has 1 aromatic heterocycles. The Morgan fingerprint density at radius 1 is 1.50 bits per heavy atom. The summed E-state index contributed by atoms with van der Waals surface area (Å²) in [5.74, 6) is 0.274. The van der Waals surface area contributed by atoms with Gasteiger partial charge in [0.25, 0.3) is 5.56 Å². The van der Waals surface area contributed by atoms with Crippen molar-refractivity contribution < 1.29 is 9.90 Å². The SMILES string of the molecule is CC(C)c1nc(N(CC(=O)O)C2CCCC2)cc(=O)[nH]1. The van der Waals surface area contributed by atoms with Gasteiger partial charge in [0.05, 0.1) is 0 Å². The molecule has 0 aromatic carbocycles. The second-order valence-corrected chi connectivity index (χ2v) is 5.60. The Bertz CT molecular complexity index is 533. The Morgan fingerprint density at radius 3 is 2.70 bits per heavy atom. The fraction of sp³-hybridized carbons (Fsp3) is 0.643. The highest BCUT2D eigenvalue weighted by Crippen LogP contribution is 2.26. The van der Waals surface area contributed by atoms with Gasteiger partial charge in [-0.25, -0.2) is 4.98 Å². The summed E-state index contributed by atoms with van der Waals surface area (Å²) in [7, 11) is 0. The van der Waals surface area contributed by atoms with Gasteiger partial charge in [-0.05, 0) is 12.8 Å². The molecular weight excluding hydrogens is 258 g/mol. The summed E-state index contributed by atoms with van der Waals surface area (Å²) in [6.07, 6.45) is 4.11. The molecule has 0 amide bonds. The maximum absolute atomic E-state index is 11.8. The molecule has 0 bridgehead atoms. The van der Waals surface area contributed by atoms with Gasteiger partial charge in [-0.1, -0.05) is 26.7 Å². The molecule has 20 heavy (non-hydrogen) atoms. The number of carboxylic acid groups (broad SMARTS) is 1. The summed E-state index contributed by atoms with van der Waals surface area (Å²) in [5.41, 5.74) is -0.230. The largest absolute Gasteiger partial charge is 0.480 e. The van der Waals surface area contributed by atoms with Crippen LogP contribution in [-0.4, -0.2) is 33.6 Å². The lowest BCUT2D eigenvalue weighted by Crippen LogP contribution is -2.39. The van der Waals surface area contributed by atoms with Crippen LogP contribution >= 0.6 is 0 Å². The molecule has 0 aliphatic heterocycles. The van der Waals surface area contributed by atoms with Crippen LogP contribution in [-0.2, 0) is 4.79 Å². The molecule has 0 atom stereocenters. The fourth-order valence-electron chi connectivity index (χ4n) is 2.64. The second-order valence-electron chi connectivity index (χ2n) is 5.60. The molecule has 6 heteroatoms. The Hall–Kier alpha value is -1.85. The molecular formula is C14H21N3O3. The number of rotatable bonds is 5. The Kier molecular flexibility index (Phi) is 4.42. The van der Waals surface area contributed by atoms with E-state index in [9.17, 15) is 9.59 Å². The summed E-state index contributed by atoms with van der Waals surface area (Å²) < 4.78 is 0. The van der Waals surface area contributed by atoms with Crippen LogP contribution in [0.2, 0.25) is 0 Å². The van der Waals surface area contributed by atoms with E-state index in [4.69, 9.17) is 5.11 Å². The van der Waals surface area contributed by atoms with Crippen LogP contribution in [0.1, 0.15) is 51.3 Å². The van der Waals surface area contributed by atoms with Crippen molar-refractivity contribution in [1.82, 2.24) is 9.97 Å². The van der Waals surface area contributed by atoms with E-state index in [1.54, 1.807) is 4.90 Å². The summed E-state index contributed by atoms with van der Waals surface area (Å²) in [5, 5.41) is 9.10. The summed E-state index contributed by atoms with van der Waals surface area (Å²) in [4.78, 5) is 31.7. The molecule has 1 saturated carbocycles. The molecule has 2 N–H and O–H groups in total. The third-order valence-corrected chi connectivity index (χ3v) is 3.66. The molecule has 0 radical (unpaired) electrons. The first-order valence-electron chi connectivity index (χ1n) is 7.07. The normalized spacial score (nSPS) is 15.8. The number of nitrogens with one attached hydrogen (secondary N) is 1. The lowest BCUT2D eigenvalue weighted by molar-refractivity contribution is -0.135. The number of carboxylic acids is 1. The second kappa shape index (κ2) is 6.07. The highest BCUT2D eigenvalue weighted by molar-refractivity contribution is 5.73. The minimum atomic E-state index is -0.898. The lowest BCUT2D eigenvalue weighted by Gasteiger charge is -2.28. The fourth-order valence-corrected chi connectivity index (χ4v) is 2.64. The van der Waals surface area contributed by atoms with Gasteiger partial charge >= 0.3 is 5.97 Å². The number of hydrogen-bond acceptors (Lipinski definition) is 4. The van der Waals surface area contributed by atoms with Crippen molar-refractivity contribution in [2.75, 3.05) is 11.4 Å². The molecule has 0 spiro atoms. The van der Waals surface area contributed by atoms with E-state index in [1.165, 1.54) is 6.07 Å². The van der Waals surface area contributed by atoms with Gasteiger partial charge in [-0.2, -0.15) is 0 Å². The van der Waals surface area contributed by atoms with Gasteiger partial charge in [0.2, 0.25) is 0 Å². The van der Waals surface area contributed by atoms with Crippen molar-refractivity contribution in [1.29, 1.82) is 0 Å².